The second-order valence-corrected chi connectivity index (χ2v) is 6.66. The van der Waals surface area contributed by atoms with E-state index in [1.807, 2.05) is 0 Å². The third kappa shape index (κ3) is 6.31. The molecule has 0 fully saturated rings. The van der Waals surface area contributed by atoms with Crippen LogP contribution in [0.5, 0.6) is 5.75 Å². The van der Waals surface area contributed by atoms with E-state index in [1.54, 1.807) is 0 Å². The zero-order valence-corrected chi connectivity index (χ0v) is 14.4. The Morgan fingerprint density at radius 3 is 2.15 bits per heavy atom. The van der Waals surface area contributed by atoms with Crippen molar-refractivity contribution in [1.29, 1.82) is 0 Å². The average Bonchev–Trinajstić information content (AvgIpc) is 2.59. The van der Waals surface area contributed by atoms with Crippen molar-refractivity contribution < 1.29 is 36.3 Å². The standard InChI is InChI=1S/C16H14F2N2O6S/c17-16(18)26-12-5-1-10(2-6-12)15(22)25-9-14(21)20-11-3-7-13(8-4-11)27(19,23)24/h1-8,16H,9H2,(H,20,21)(H2,19,23,24). The van der Waals surface area contributed by atoms with E-state index in [9.17, 15) is 26.8 Å². The third-order valence-corrected chi connectivity index (χ3v) is 4.05. The largest absolute Gasteiger partial charge is 0.452 e. The predicted molar refractivity (Wildman–Crippen MR) is 89.8 cm³/mol. The molecule has 0 unspecified atom stereocenters. The molecule has 0 spiro atoms. The summed E-state index contributed by atoms with van der Waals surface area (Å²) in [5.41, 5.74) is 0.318. The molecule has 2 aromatic rings. The summed E-state index contributed by atoms with van der Waals surface area (Å²) in [5, 5.41) is 7.36. The number of sulfonamides is 1. The van der Waals surface area contributed by atoms with Crippen LogP contribution in [0.4, 0.5) is 14.5 Å². The van der Waals surface area contributed by atoms with Crippen LogP contribution in [0.2, 0.25) is 0 Å². The van der Waals surface area contributed by atoms with Crippen LogP contribution in [0.3, 0.4) is 0 Å². The van der Waals surface area contributed by atoms with Crippen molar-refractivity contribution in [3.05, 3.63) is 54.1 Å². The van der Waals surface area contributed by atoms with Crippen LogP contribution >= 0.6 is 0 Å². The van der Waals surface area contributed by atoms with Gasteiger partial charge in [-0.05, 0) is 48.5 Å². The fourth-order valence-corrected chi connectivity index (χ4v) is 2.43. The monoisotopic (exact) mass is 400 g/mol. The van der Waals surface area contributed by atoms with Gasteiger partial charge in [0, 0.05) is 5.69 Å². The fourth-order valence-electron chi connectivity index (χ4n) is 1.91. The summed E-state index contributed by atoms with van der Waals surface area (Å²) < 4.78 is 55.3. The second kappa shape index (κ2) is 8.56. The number of nitrogens with one attached hydrogen (secondary N) is 1. The number of hydrogen-bond donors (Lipinski definition) is 2. The summed E-state index contributed by atoms with van der Waals surface area (Å²) in [6.07, 6.45) is 0. The van der Waals surface area contributed by atoms with Gasteiger partial charge >= 0.3 is 12.6 Å². The van der Waals surface area contributed by atoms with Gasteiger partial charge in [-0.1, -0.05) is 0 Å². The Morgan fingerprint density at radius 1 is 1.04 bits per heavy atom. The Hall–Kier alpha value is -3.05. The van der Waals surface area contributed by atoms with Gasteiger partial charge in [-0.25, -0.2) is 18.4 Å². The molecule has 0 saturated carbocycles. The van der Waals surface area contributed by atoms with E-state index >= 15 is 0 Å². The Labute approximate surface area is 152 Å². The first-order valence-corrected chi connectivity index (χ1v) is 8.84. The molecule has 0 aliphatic heterocycles. The molecule has 0 bridgehead atoms. The number of halogens is 2. The zero-order valence-electron chi connectivity index (χ0n) is 13.6. The minimum Gasteiger partial charge on any atom is -0.452 e. The molecule has 0 aromatic heterocycles. The first-order chi connectivity index (χ1) is 12.6. The minimum absolute atomic E-state index is 0.0434. The van der Waals surface area contributed by atoms with Crippen molar-refractivity contribution in [3.63, 3.8) is 0 Å². The van der Waals surface area contributed by atoms with E-state index in [-0.39, 0.29) is 21.9 Å². The predicted octanol–water partition coefficient (Wildman–Crippen LogP) is 1.73. The van der Waals surface area contributed by atoms with Gasteiger partial charge in [-0.2, -0.15) is 8.78 Å². The maximum absolute atomic E-state index is 12.1. The van der Waals surface area contributed by atoms with E-state index in [0.29, 0.717) is 0 Å². The highest BCUT2D eigenvalue weighted by Gasteiger charge is 2.12. The minimum atomic E-state index is -3.84. The molecule has 0 atom stereocenters. The van der Waals surface area contributed by atoms with Crippen LogP contribution in [0, 0.1) is 0 Å². The number of carbonyl (C=O) groups is 2. The highest BCUT2D eigenvalue weighted by Crippen LogP contribution is 2.16. The molecular weight excluding hydrogens is 386 g/mol. The van der Waals surface area contributed by atoms with Crippen molar-refractivity contribution >= 4 is 27.6 Å². The van der Waals surface area contributed by atoms with Crippen LogP contribution in [-0.2, 0) is 19.6 Å². The van der Waals surface area contributed by atoms with Crippen LogP contribution in [0.1, 0.15) is 10.4 Å². The van der Waals surface area contributed by atoms with Gasteiger partial charge in [0.05, 0.1) is 10.5 Å². The number of anilines is 1. The van der Waals surface area contributed by atoms with E-state index in [0.717, 1.165) is 12.1 Å². The number of ether oxygens (including phenoxy) is 2. The Bertz CT molecular complexity index is 915. The maximum atomic E-state index is 12.1. The number of alkyl halides is 2. The van der Waals surface area contributed by atoms with Crippen LogP contribution < -0.4 is 15.2 Å². The van der Waals surface area contributed by atoms with E-state index in [4.69, 9.17) is 9.88 Å². The van der Waals surface area contributed by atoms with Gasteiger partial charge in [-0.15, -0.1) is 0 Å². The van der Waals surface area contributed by atoms with Crippen molar-refractivity contribution in [1.82, 2.24) is 0 Å². The van der Waals surface area contributed by atoms with Gasteiger partial charge in [0.25, 0.3) is 5.91 Å². The van der Waals surface area contributed by atoms with Crippen LogP contribution in [0.25, 0.3) is 0 Å². The maximum Gasteiger partial charge on any atom is 0.387 e. The third-order valence-electron chi connectivity index (χ3n) is 3.12. The first-order valence-electron chi connectivity index (χ1n) is 7.30. The first kappa shape index (κ1) is 20.3. The highest BCUT2D eigenvalue weighted by atomic mass is 32.2. The molecule has 2 rings (SSSR count). The summed E-state index contributed by atoms with van der Waals surface area (Å²) in [4.78, 5) is 23.5. The number of nitrogens with two attached hydrogens (primary N) is 1. The van der Waals surface area contributed by atoms with E-state index in [1.165, 1.54) is 36.4 Å². The van der Waals surface area contributed by atoms with Crippen molar-refractivity contribution in [3.8, 4) is 5.75 Å². The topological polar surface area (TPSA) is 125 Å². The summed E-state index contributed by atoms with van der Waals surface area (Å²) in [6, 6.07) is 9.81. The van der Waals surface area contributed by atoms with E-state index < -0.39 is 35.1 Å². The Balaban J connectivity index is 1.86. The molecule has 2 aromatic carbocycles. The molecule has 0 heterocycles. The number of esters is 1. The lowest BCUT2D eigenvalue weighted by molar-refractivity contribution is -0.119. The number of benzene rings is 2. The number of amides is 1. The summed E-state index contributed by atoms with van der Waals surface area (Å²) in [5.74, 6) is -1.62. The summed E-state index contributed by atoms with van der Waals surface area (Å²) in [7, 11) is -3.84. The average molecular weight is 400 g/mol. The van der Waals surface area contributed by atoms with E-state index in [2.05, 4.69) is 10.1 Å². The molecular formula is C16H14F2N2O6S. The van der Waals surface area contributed by atoms with Crippen LogP contribution in [0.15, 0.2) is 53.4 Å². The summed E-state index contributed by atoms with van der Waals surface area (Å²) >= 11 is 0. The van der Waals surface area contributed by atoms with Gasteiger partial charge in [0.2, 0.25) is 10.0 Å². The molecule has 3 N–H and O–H groups in total. The molecule has 0 radical (unpaired) electrons. The normalized spacial score (nSPS) is 11.1. The molecule has 11 heteroatoms. The SMILES string of the molecule is NS(=O)(=O)c1ccc(NC(=O)COC(=O)c2ccc(OC(F)F)cc2)cc1. The van der Waals surface area contributed by atoms with Crippen molar-refractivity contribution in [2.24, 2.45) is 5.14 Å². The molecule has 144 valence electrons. The number of rotatable bonds is 7. The summed E-state index contributed by atoms with van der Waals surface area (Å²) in [6.45, 7) is -3.59. The molecule has 0 aliphatic rings. The number of carbonyl (C=O) groups excluding carboxylic acids is 2. The number of hydrogen-bond acceptors (Lipinski definition) is 6. The quantitative estimate of drug-likeness (QED) is 0.682. The molecule has 27 heavy (non-hydrogen) atoms. The fraction of sp³-hybridized carbons (Fsp3) is 0.125. The van der Waals surface area contributed by atoms with Crippen molar-refractivity contribution in [2.45, 2.75) is 11.5 Å². The Kier molecular flexibility index (Phi) is 6.42. The lowest BCUT2D eigenvalue weighted by atomic mass is 10.2. The van der Waals surface area contributed by atoms with Gasteiger partial charge in [0.15, 0.2) is 6.61 Å². The van der Waals surface area contributed by atoms with Crippen LogP contribution in [-0.4, -0.2) is 33.5 Å². The highest BCUT2D eigenvalue weighted by molar-refractivity contribution is 7.89. The Morgan fingerprint density at radius 2 is 1.63 bits per heavy atom. The smallest absolute Gasteiger partial charge is 0.387 e. The molecule has 0 saturated heterocycles. The lowest BCUT2D eigenvalue weighted by Gasteiger charge is -2.08. The zero-order chi connectivity index (χ0) is 20.0. The van der Waals surface area contributed by atoms with Crippen molar-refractivity contribution in [2.75, 3.05) is 11.9 Å². The molecule has 8 nitrogen and oxygen atoms in total. The number of primary sulfonamides is 1. The lowest BCUT2D eigenvalue weighted by Crippen LogP contribution is -2.21. The molecule has 1 amide bonds. The van der Waals surface area contributed by atoms with Gasteiger partial charge in [0.1, 0.15) is 5.75 Å². The molecule has 0 aliphatic carbocycles. The van der Waals surface area contributed by atoms with Gasteiger partial charge < -0.3 is 14.8 Å². The second-order valence-electron chi connectivity index (χ2n) is 5.10. The van der Waals surface area contributed by atoms with Gasteiger partial charge in [-0.3, -0.25) is 4.79 Å².